The minimum absolute atomic E-state index is 0.0641. The van der Waals surface area contributed by atoms with Gasteiger partial charge in [0.25, 0.3) is 0 Å². The number of benzene rings is 1. The standard InChI is InChI=1S/C17H28N2O/c1-13-6-8-19(9-7-13)17(3,12-18)11-15-10-14(2)4-5-16(15)20/h4-5,10,13,20H,6-9,11-12,18H2,1-3H3. The first-order valence-electron chi connectivity index (χ1n) is 7.68. The van der Waals surface area contributed by atoms with E-state index in [2.05, 4.69) is 31.7 Å². The zero-order valence-electron chi connectivity index (χ0n) is 13.0. The van der Waals surface area contributed by atoms with E-state index < -0.39 is 0 Å². The summed E-state index contributed by atoms with van der Waals surface area (Å²) in [6.07, 6.45) is 3.30. The van der Waals surface area contributed by atoms with Crippen molar-refractivity contribution in [3.8, 4) is 5.75 Å². The maximum absolute atomic E-state index is 10.1. The van der Waals surface area contributed by atoms with E-state index in [1.165, 1.54) is 18.4 Å². The molecule has 1 saturated heterocycles. The Hall–Kier alpha value is -1.06. The van der Waals surface area contributed by atoms with Gasteiger partial charge in [0.05, 0.1) is 0 Å². The van der Waals surface area contributed by atoms with Gasteiger partial charge in [0, 0.05) is 12.1 Å². The van der Waals surface area contributed by atoms with E-state index in [1.54, 1.807) is 6.07 Å². The molecule has 3 nitrogen and oxygen atoms in total. The van der Waals surface area contributed by atoms with Crippen molar-refractivity contribution < 1.29 is 5.11 Å². The molecule has 0 aliphatic carbocycles. The van der Waals surface area contributed by atoms with Crippen molar-refractivity contribution in [2.45, 2.75) is 45.6 Å². The number of hydrogen-bond acceptors (Lipinski definition) is 3. The molecular weight excluding hydrogens is 248 g/mol. The van der Waals surface area contributed by atoms with Crippen molar-refractivity contribution >= 4 is 0 Å². The van der Waals surface area contributed by atoms with Gasteiger partial charge in [0.1, 0.15) is 5.75 Å². The fourth-order valence-corrected chi connectivity index (χ4v) is 3.13. The van der Waals surface area contributed by atoms with Crippen LogP contribution in [0.25, 0.3) is 0 Å². The van der Waals surface area contributed by atoms with Crippen LogP contribution in [0.2, 0.25) is 0 Å². The van der Waals surface area contributed by atoms with Gasteiger partial charge >= 0.3 is 0 Å². The topological polar surface area (TPSA) is 49.5 Å². The van der Waals surface area contributed by atoms with Crippen LogP contribution >= 0.6 is 0 Å². The third kappa shape index (κ3) is 3.33. The molecule has 1 atom stereocenters. The van der Waals surface area contributed by atoms with Crippen LogP contribution < -0.4 is 5.73 Å². The van der Waals surface area contributed by atoms with Crippen LogP contribution in [0.5, 0.6) is 5.75 Å². The number of phenolic OH excluding ortho intramolecular Hbond substituents is 1. The van der Waals surface area contributed by atoms with Gasteiger partial charge in [-0.05, 0) is 63.7 Å². The highest BCUT2D eigenvalue weighted by Gasteiger charge is 2.33. The lowest BCUT2D eigenvalue weighted by atomic mass is 9.86. The number of aryl methyl sites for hydroxylation is 1. The number of likely N-dealkylation sites (tertiary alicyclic amines) is 1. The van der Waals surface area contributed by atoms with Crippen LogP contribution in [0.1, 0.15) is 37.8 Å². The summed E-state index contributed by atoms with van der Waals surface area (Å²) in [7, 11) is 0. The highest BCUT2D eigenvalue weighted by Crippen LogP contribution is 2.29. The van der Waals surface area contributed by atoms with Gasteiger partial charge in [-0.3, -0.25) is 4.90 Å². The second-order valence-electron chi connectivity index (χ2n) is 6.68. The first-order chi connectivity index (χ1) is 9.44. The van der Waals surface area contributed by atoms with Crippen LogP contribution in [0.15, 0.2) is 18.2 Å². The molecule has 0 aromatic heterocycles. The van der Waals surface area contributed by atoms with Gasteiger partial charge < -0.3 is 10.8 Å². The smallest absolute Gasteiger partial charge is 0.118 e. The molecule has 112 valence electrons. The first-order valence-corrected chi connectivity index (χ1v) is 7.68. The molecule has 2 rings (SSSR count). The Morgan fingerprint density at radius 1 is 1.35 bits per heavy atom. The Labute approximate surface area is 122 Å². The summed E-state index contributed by atoms with van der Waals surface area (Å²) in [5, 5.41) is 10.1. The Balaban J connectivity index is 2.16. The van der Waals surface area contributed by atoms with Crippen molar-refractivity contribution in [2.75, 3.05) is 19.6 Å². The summed E-state index contributed by atoms with van der Waals surface area (Å²) in [5.41, 5.74) is 8.22. The van der Waals surface area contributed by atoms with Crippen molar-refractivity contribution in [1.29, 1.82) is 0 Å². The molecule has 0 radical (unpaired) electrons. The Morgan fingerprint density at radius 2 is 2.00 bits per heavy atom. The maximum atomic E-state index is 10.1. The highest BCUT2D eigenvalue weighted by atomic mass is 16.3. The minimum Gasteiger partial charge on any atom is -0.508 e. The fraction of sp³-hybridized carbons (Fsp3) is 0.647. The van der Waals surface area contributed by atoms with Crippen LogP contribution in [-0.4, -0.2) is 35.2 Å². The van der Waals surface area contributed by atoms with E-state index in [1.807, 2.05) is 6.07 Å². The number of piperidine rings is 1. The molecule has 3 heteroatoms. The molecule has 0 saturated carbocycles. The number of aromatic hydroxyl groups is 1. The van der Waals surface area contributed by atoms with Crippen molar-refractivity contribution in [3.05, 3.63) is 29.3 Å². The van der Waals surface area contributed by atoms with E-state index in [-0.39, 0.29) is 5.54 Å². The van der Waals surface area contributed by atoms with Gasteiger partial charge in [-0.1, -0.05) is 24.6 Å². The number of nitrogens with two attached hydrogens (primary N) is 1. The molecule has 3 N–H and O–H groups in total. The van der Waals surface area contributed by atoms with Gasteiger partial charge in [-0.25, -0.2) is 0 Å². The van der Waals surface area contributed by atoms with Crippen LogP contribution in [0.4, 0.5) is 0 Å². The van der Waals surface area contributed by atoms with Gasteiger partial charge in [0.15, 0.2) is 0 Å². The lowest BCUT2D eigenvalue weighted by molar-refractivity contribution is 0.0704. The predicted octanol–water partition coefficient (Wildman–Crippen LogP) is 2.69. The van der Waals surface area contributed by atoms with E-state index in [4.69, 9.17) is 5.73 Å². The Morgan fingerprint density at radius 3 is 2.60 bits per heavy atom. The molecule has 20 heavy (non-hydrogen) atoms. The average molecular weight is 276 g/mol. The number of hydrogen-bond donors (Lipinski definition) is 2. The van der Waals surface area contributed by atoms with E-state index in [0.29, 0.717) is 12.3 Å². The number of phenols is 1. The molecule has 1 aromatic rings. The Bertz CT molecular complexity index is 452. The summed E-state index contributed by atoms with van der Waals surface area (Å²) >= 11 is 0. The zero-order valence-corrected chi connectivity index (χ0v) is 13.0. The molecule has 1 unspecified atom stereocenters. The maximum Gasteiger partial charge on any atom is 0.118 e. The first kappa shape index (κ1) is 15.3. The van der Waals surface area contributed by atoms with Crippen LogP contribution in [0.3, 0.4) is 0 Å². The van der Waals surface area contributed by atoms with Crippen molar-refractivity contribution in [3.63, 3.8) is 0 Å². The molecule has 1 fully saturated rings. The number of nitrogens with zero attached hydrogens (tertiary/aromatic N) is 1. The third-order valence-electron chi connectivity index (χ3n) is 4.79. The molecule has 0 bridgehead atoms. The molecule has 0 amide bonds. The zero-order chi connectivity index (χ0) is 14.8. The lowest BCUT2D eigenvalue weighted by Gasteiger charge is -2.44. The average Bonchev–Trinajstić information content (AvgIpc) is 2.43. The second-order valence-corrected chi connectivity index (χ2v) is 6.68. The predicted molar refractivity (Wildman–Crippen MR) is 84.0 cm³/mol. The summed E-state index contributed by atoms with van der Waals surface area (Å²) in [5.74, 6) is 1.21. The molecular formula is C17H28N2O. The summed E-state index contributed by atoms with van der Waals surface area (Å²) < 4.78 is 0. The monoisotopic (exact) mass is 276 g/mol. The van der Waals surface area contributed by atoms with Gasteiger partial charge in [-0.15, -0.1) is 0 Å². The number of rotatable bonds is 4. The van der Waals surface area contributed by atoms with Crippen LogP contribution in [-0.2, 0) is 6.42 Å². The van der Waals surface area contributed by atoms with Crippen molar-refractivity contribution in [1.82, 2.24) is 4.90 Å². The summed E-state index contributed by atoms with van der Waals surface area (Å²) in [6, 6.07) is 5.82. The summed E-state index contributed by atoms with van der Waals surface area (Å²) in [6.45, 7) is 9.46. The van der Waals surface area contributed by atoms with Gasteiger partial charge in [0.2, 0.25) is 0 Å². The van der Waals surface area contributed by atoms with Crippen LogP contribution in [0, 0.1) is 12.8 Å². The van der Waals surface area contributed by atoms with E-state index >= 15 is 0 Å². The molecule has 1 aliphatic rings. The summed E-state index contributed by atoms with van der Waals surface area (Å²) in [4.78, 5) is 2.51. The second kappa shape index (κ2) is 6.15. The quantitative estimate of drug-likeness (QED) is 0.889. The molecule has 1 aliphatic heterocycles. The molecule has 1 aromatic carbocycles. The fourth-order valence-electron chi connectivity index (χ4n) is 3.13. The third-order valence-corrected chi connectivity index (χ3v) is 4.79. The SMILES string of the molecule is Cc1ccc(O)c(CC(C)(CN)N2CCC(C)CC2)c1. The Kier molecular flexibility index (Phi) is 4.71. The van der Waals surface area contributed by atoms with Gasteiger partial charge in [-0.2, -0.15) is 0 Å². The minimum atomic E-state index is -0.0641. The largest absolute Gasteiger partial charge is 0.508 e. The molecule has 0 spiro atoms. The van der Waals surface area contributed by atoms with E-state index in [0.717, 1.165) is 31.0 Å². The highest BCUT2D eigenvalue weighted by molar-refractivity contribution is 5.37. The van der Waals surface area contributed by atoms with Crippen molar-refractivity contribution in [2.24, 2.45) is 11.7 Å². The lowest BCUT2D eigenvalue weighted by Crippen LogP contribution is -2.55. The molecule has 1 heterocycles. The van der Waals surface area contributed by atoms with E-state index in [9.17, 15) is 5.11 Å². The normalized spacial score (nSPS) is 20.8.